The lowest BCUT2D eigenvalue weighted by Gasteiger charge is -2.39. The first-order valence-corrected chi connectivity index (χ1v) is 9.01. The Kier molecular flexibility index (Phi) is 3.70. The number of rotatable bonds is 3. The molecular formula is C17H29N3O. The molecule has 2 aliphatic carbocycles. The maximum Gasteiger partial charge on any atom is 0.225 e. The molecule has 2 atom stereocenters. The van der Waals surface area contributed by atoms with E-state index in [9.17, 15) is 4.79 Å². The quantitative estimate of drug-likeness (QED) is 0.856. The Hall–Kier alpha value is -0.610. The fraction of sp³-hybridized carbons (Fsp3) is 0.941. The smallest absolute Gasteiger partial charge is 0.225 e. The van der Waals surface area contributed by atoms with E-state index in [1.807, 2.05) is 0 Å². The van der Waals surface area contributed by atoms with Crippen LogP contribution >= 0.6 is 0 Å². The Labute approximate surface area is 128 Å². The van der Waals surface area contributed by atoms with Gasteiger partial charge in [0, 0.05) is 44.2 Å². The first kappa shape index (κ1) is 14.0. The van der Waals surface area contributed by atoms with Crippen LogP contribution in [0, 0.1) is 17.8 Å². The standard InChI is InChI=1S/C17H29N3O/c18-16-11-20(10-15(16)12-4-5-12)14-6-8-19(9-7-14)17(21)13-2-1-3-13/h12-16H,1-11,18H2/t15-,16+/m0/s1. The topological polar surface area (TPSA) is 49.6 Å². The number of nitrogens with two attached hydrogens (primary N) is 1. The Bertz CT molecular complexity index is 397. The number of likely N-dealkylation sites (tertiary alicyclic amines) is 2. The summed E-state index contributed by atoms with van der Waals surface area (Å²) in [7, 11) is 0. The van der Waals surface area contributed by atoms with Gasteiger partial charge in [-0.05, 0) is 50.4 Å². The third-order valence-electron chi connectivity index (χ3n) is 6.42. The molecule has 2 heterocycles. The van der Waals surface area contributed by atoms with Crippen molar-refractivity contribution < 1.29 is 4.79 Å². The normalized spacial score (nSPS) is 36.0. The second-order valence-corrected chi connectivity index (χ2v) is 7.80. The van der Waals surface area contributed by atoms with Gasteiger partial charge < -0.3 is 10.6 Å². The van der Waals surface area contributed by atoms with Crippen molar-refractivity contribution in [3.8, 4) is 0 Å². The van der Waals surface area contributed by atoms with E-state index in [0.29, 0.717) is 23.9 Å². The van der Waals surface area contributed by atoms with Crippen molar-refractivity contribution in [1.82, 2.24) is 9.80 Å². The fourth-order valence-corrected chi connectivity index (χ4v) is 4.57. The first-order valence-electron chi connectivity index (χ1n) is 9.01. The average molecular weight is 291 g/mol. The van der Waals surface area contributed by atoms with Gasteiger partial charge >= 0.3 is 0 Å². The lowest BCUT2D eigenvalue weighted by molar-refractivity contribution is -0.139. The van der Waals surface area contributed by atoms with E-state index in [0.717, 1.165) is 57.2 Å². The summed E-state index contributed by atoms with van der Waals surface area (Å²) in [5, 5.41) is 0. The van der Waals surface area contributed by atoms with Crippen LogP contribution in [0.4, 0.5) is 0 Å². The molecule has 0 radical (unpaired) electrons. The summed E-state index contributed by atoms with van der Waals surface area (Å²) >= 11 is 0. The van der Waals surface area contributed by atoms with E-state index < -0.39 is 0 Å². The minimum absolute atomic E-state index is 0.362. The zero-order valence-electron chi connectivity index (χ0n) is 13.0. The van der Waals surface area contributed by atoms with Crippen LogP contribution in [0.1, 0.15) is 44.9 Å². The van der Waals surface area contributed by atoms with Crippen LogP contribution in [0.15, 0.2) is 0 Å². The lowest BCUT2D eigenvalue weighted by Crippen LogP contribution is -2.48. The van der Waals surface area contributed by atoms with Crippen LogP contribution in [-0.4, -0.2) is 54.0 Å². The van der Waals surface area contributed by atoms with Crippen molar-refractivity contribution in [3.63, 3.8) is 0 Å². The van der Waals surface area contributed by atoms with Gasteiger partial charge in [0.25, 0.3) is 0 Å². The number of carbonyl (C=O) groups excluding carboxylic acids is 1. The molecule has 4 fully saturated rings. The number of nitrogens with zero attached hydrogens (tertiary/aromatic N) is 2. The largest absolute Gasteiger partial charge is 0.342 e. The van der Waals surface area contributed by atoms with E-state index in [2.05, 4.69) is 9.80 Å². The molecular weight excluding hydrogens is 262 g/mol. The molecule has 0 spiro atoms. The molecule has 2 aliphatic heterocycles. The number of hydrogen-bond donors (Lipinski definition) is 1. The molecule has 21 heavy (non-hydrogen) atoms. The summed E-state index contributed by atoms with van der Waals surface area (Å²) < 4.78 is 0. The SMILES string of the molecule is N[C@@H]1CN(C2CCN(C(=O)C3CCC3)CC2)C[C@H]1C1CC1. The number of piperidine rings is 1. The summed E-state index contributed by atoms with van der Waals surface area (Å²) in [6, 6.07) is 1.07. The summed E-state index contributed by atoms with van der Waals surface area (Å²) in [6.45, 7) is 4.25. The molecule has 0 aromatic carbocycles. The Balaban J connectivity index is 1.28. The zero-order chi connectivity index (χ0) is 14.4. The summed E-state index contributed by atoms with van der Waals surface area (Å²) in [4.78, 5) is 17.1. The van der Waals surface area contributed by atoms with E-state index in [4.69, 9.17) is 5.73 Å². The van der Waals surface area contributed by atoms with Crippen LogP contribution in [0.5, 0.6) is 0 Å². The third kappa shape index (κ3) is 2.72. The van der Waals surface area contributed by atoms with E-state index in [-0.39, 0.29) is 0 Å². The van der Waals surface area contributed by atoms with Gasteiger partial charge in [-0.25, -0.2) is 0 Å². The van der Waals surface area contributed by atoms with Gasteiger partial charge in [0.15, 0.2) is 0 Å². The summed E-state index contributed by atoms with van der Waals surface area (Å²) in [5.41, 5.74) is 6.35. The molecule has 0 aromatic heterocycles. The monoisotopic (exact) mass is 291 g/mol. The molecule has 1 amide bonds. The van der Waals surface area contributed by atoms with E-state index in [1.165, 1.54) is 25.8 Å². The molecule has 4 heteroatoms. The van der Waals surface area contributed by atoms with Gasteiger partial charge in [-0.2, -0.15) is 0 Å². The van der Waals surface area contributed by atoms with E-state index >= 15 is 0 Å². The molecule has 0 aromatic rings. The molecule has 4 nitrogen and oxygen atoms in total. The highest BCUT2D eigenvalue weighted by Gasteiger charge is 2.43. The summed E-state index contributed by atoms with van der Waals surface area (Å²) in [6.07, 6.45) is 8.62. The molecule has 4 aliphatic rings. The van der Waals surface area contributed by atoms with Crippen molar-refractivity contribution in [2.24, 2.45) is 23.5 Å². The van der Waals surface area contributed by atoms with Gasteiger partial charge in [0.2, 0.25) is 5.91 Å². The van der Waals surface area contributed by atoms with Crippen molar-refractivity contribution in [2.45, 2.75) is 57.0 Å². The Morgan fingerprint density at radius 3 is 2.24 bits per heavy atom. The number of carbonyl (C=O) groups is 1. The van der Waals surface area contributed by atoms with Gasteiger partial charge in [0.05, 0.1) is 0 Å². The first-order chi connectivity index (χ1) is 10.2. The maximum absolute atomic E-state index is 12.3. The lowest BCUT2D eigenvalue weighted by atomic mass is 9.84. The molecule has 2 N–H and O–H groups in total. The van der Waals surface area contributed by atoms with Crippen LogP contribution in [0.2, 0.25) is 0 Å². The fourth-order valence-electron chi connectivity index (χ4n) is 4.57. The predicted molar refractivity (Wildman–Crippen MR) is 82.7 cm³/mol. The van der Waals surface area contributed by atoms with Gasteiger partial charge in [-0.1, -0.05) is 6.42 Å². The van der Waals surface area contributed by atoms with Crippen molar-refractivity contribution in [1.29, 1.82) is 0 Å². The molecule has 2 saturated heterocycles. The molecule has 0 unspecified atom stereocenters. The Morgan fingerprint density at radius 2 is 1.67 bits per heavy atom. The van der Waals surface area contributed by atoms with Crippen molar-refractivity contribution >= 4 is 5.91 Å². The van der Waals surface area contributed by atoms with Crippen LogP contribution in [0.25, 0.3) is 0 Å². The van der Waals surface area contributed by atoms with Crippen molar-refractivity contribution in [3.05, 3.63) is 0 Å². The van der Waals surface area contributed by atoms with E-state index in [1.54, 1.807) is 0 Å². The van der Waals surface area contributed by atoms with Gasteiger partial charge in [-0.3, -0.25) is 9.69 Å². The molecule has 118 valence electrons. The van der Waals surface area contributed by atoms with Crippen LogP contribution in [-0.2, 0) is 4.79 Å². The van der Waals surface area contributed by atoms with Crippen LogP contribution in [0.3, 0.4) is 0 Å². The molecule has 2 saturated carbocycles. The minimum Gasteiger partial charge on any atom is -0.342 e. The number of hydrogen-bond acceptors (Lipinski definition) is 3. The third-order valence-corrected chi connectivity index (χ3v) is 6.42. The molecule has 4 rings (SSSR count). The highest BCUT2D eigenvalue weighted by Crippen LogP contribution is 2.41. The van der Waals surface area contributed by atoms with Crippen LogP contribution < -0.4 is 5.73 Å². The zero-order valence-corrected chi connectivity index (χ0v) is 13.0. The minimum atomic E-state index is 0.362. The second-order valence-electron chi connectivity index (χ2n) is 7.80. The van der Waals surface area contributed by atoms with Crippen molar-refractivity contribution in [2.75, 3.05) is 26.2 Å². The highest BCUT2D eigenvalue weighted by molar-refractivity contribution is 5.79. The number of amides is 1. The highest BCUT2D eigenvalue weighted by atomic mass is 16.2. The summed E-state index contributed by atoms with van der Waals surface area (Å²) in [5.74, 6) is 2.47. The second kappa shape index (κ2) is 5.54. The molecule has 0 bridgehead atoms. The average Bonchev–Trinajstić information content (AvgIpc) is 3.20. The Morgan fingerprint density at radius 1 is 0.952 bits per heavy atom. The predicted octanol–water partition coefficient (Wildman–Crippen LogP) is 1.45. The van der Waals surface area contributed by atoms with Gasteiger partial charge in [-0.15, -0.1) is 0 Å². The maximum atomic E-state index is 12.3. The van der Waals surface area contributed by atoms with Gasteiger partial charge in [0.1, 0.15) is 0 Å².